The maximum absolute atomic E-state index is 11.8. The van der Waals surface area contributed by atoms with E-state index in [4.69, 9.17) is 0 Å². The molecule has 2 fully saturated rings. The molecule has 2 aromatic carbocycles. The molecule has 158 valence electrons. The number of hydrogen-bond acceptors (Lipinski definition) is 2. The molecule has 2 saturated carbocycles. The Bertz CT molecular complexity index is 637. The van der Waals surface area contributed by atoms with E-state index in [-0.39, 0.29) is 31.9 Å². The van der Waals surface area contributed by atoms with Crippen LogP contribution in [0.1, 0.15) is 72.1 Å². The molecular formula is C26H34FeO2. The number of rotatable bonds is 4. The summed E-state index contributed by atoms with van der Waals surface area (Å²) < 4.78 is 0. The van der Waals surface area contributed by atoms with Crippen molar-refractivity contribution in [2.24, 2.45) is 11.8 Å². The first kappa shape index (κ1) is 27.3. The van der Waals surface area contributed by atoms with Gasteiger partial charge in [-0.3, -0.25) is 9.59 Å². The molecule has 2 aromatic rings. The zero-order valence-electron chi connectivity index (χ0n) is 17.8. The first-order valence-corrected chi connectivity index (χ1v) is 9.94. The molecule has 0 aromatic heterocycles. The van der Waals surface area contributed by atoms with Gasteiger partial charge in [0.25, 0.3) is 0 Å². The van der Waals surface area contributed by atoms with Crippen molar-refractivity contribution < 1.29 is 26.7 Å². The van der Waals surface area contributed by atoms with Crippen molar-refractivity contribution in [3.05, 3.63) is 86.6 Å². The fourth-order valence-corrected chi connectivity index (χ4v) is 4.05. The maximum Gasteiger partial charge on any atom is 2.00 e. The summed E-state index contributed by atoms with van der Waals surface area (Å²) in [5.74, 6) is 1.31. The number of benzene rings is 2. The van der Waals surface area contributed by atoms with Crippen LogP contribution in [-0.2, 0) is 17.1 Å². The Morgan fingerprint density at radius 3 is 1.10 bits per heavy atom. The smallest absolute Gasteiger partial charge is 0.358 e. The molecule has 0 unspecified atom stereocenters. The van der Waals surface area contributed by atoms with E-state index < -0.39 is 0 Å². The Morgan fingerprint density at radius 2 is 0.828 bits per heavy atom. The zero-order valence-corrected chi connectivity index (χ0v) is 18.9. The Balaban J connectivity index is 0.000000490. The monoisotopic (exact) mass is 434 g/mol. The third kappa shape index (κ3) is 7.91. The third-order valence-corrected chi connectivity index (χ3v) is 5.57. The van der Waals surface area contributed by atoms with Gasteiger partial charge in [0.2, 0.25) is 0 Å². The van der Waals surface area contributed by atoms with E-state index in [1.165, 1.54) is 25.7 Å². The van der Waals surface area contributed by atoms with Gasteiger partial charge in [0.05, 0.1) is 0 Å². The van der Waals surface area contributed by atoms with Gasteiger partial charge in [-0.05, 0) is 25.7 Å². The van der Waals surface area contributed by atoms with Gasteiger partial charge in [-0.25, -0.2) is 0 Å². The zero-order chi connectivity index (χ0) is 18.2. The maximum atomic E-state index is 11.8. The van der Waals surface area contributed by atoms with Gasteiger partial charge in [0.1, 0.15) is 0 Å². The molecule has 3 heteroatoms. The predicted octanol–water partition coefficient (Wildman–Crippen LogP) is 7.02. The van der Waals surface area contributed by atoms with Gasteiger partial charge >= 0.3 is 17.1 Å². The van der Waals surface area contributed by atoms with E-state index in [2.05, 4.69) is 0 Å². The fraction of sp³-hybridized carbons (Fsp3) is 0.385. The van der Waals surface area contributed by atoms with Gasteiger partial charge in [-0.2, -0.15) is 0 Å². The Hall–Kier alpha value is -1.70. The topological polar surface area (TPSA) is 34.1 Å². The minimum Gasteiger partial charge on any atom is -0.358 e. The molecule has 0 spiro atoms. The summed E-state index contributed by atoms with van der Waals surface area (Å²) >= 11 is 0. The van der Waals surface area contributed by atoms with Crippen LogP contribution in [0.3, 0.4) is 0 Å². The van der Waals surface area contributed by atoms with Crippen LogP contribution in [0.4, 0.5) is 0 Å². The van der Waals surface area contributed by atoms with Crippen LogP contribution in [0.15, 0.2) is 60.7 Å². The summed E-state index contributed by atoms with van der Waals surface area (Å²) in [5, 5.41) is 0. The minimum absolute atomic E-state index is 0. The number of hydrogen-bond donors (Lipinski definition) is 0. The van der Waals surface area contributed by atoms with Gasteiger partial charge in [-0.1, -0.05) is 86.3 Å². The molecule has 0 aliphatic heterocycles. The van der Waals surface area contributed by atoms with E-state index in [1.807, 2.05) is 60.7 Å². The molecule has 2 nitrogen and oxygen atoms in total. The second-order valence-electron chi connectivity index (χ2n) is 7.42. The summed E-state index contributed by atoms with van der Waals surface area (Å²) in [4.78, 5) is 23.7. The van der Waals surface area contributed by atoms with Crippen molar-refractivity contribution in [1.82, 2.24) is 0 Å². The average Bonchev–Trinajstić information content (AvgIpc) is 3.43. The predicted molar refractivity (Wildman–Crippen MR) is 118 cm³/mol. The standard InChI is InChI=1S/2C12H14O.2CH3.Fe/c2*13-12(11-8-4-5-9-11)10-6-2-1-3-7-10;;;/h2*1-3,6-7,11H,4-5,8-9H2;2*1H3;/q;;2*-1;+2. The van der Waals surface area contributed by atoms with Crippen molar-refractivity contribution in [3.8, 4) is 0 Å². The molecule has 2 aliphatic rings. The molecule has 4 rings (SSSR count). The molecular weight excluding hydrogens is 400 g/mol. The number of ketones is 2. The van der Waals surface area contributed by atoms with Gasteiger partial charge < -0.3 is 14.9 Å². The molecule has 0 N–H and O–H groups in total. The number of carbonyl (C=O) groups is 2. The molecule has 0 atom stereocenters. The summed E-state index contributed by atoms with van der Waals surface area (Å²) in [6.45, 7) is 0. The number of carbonyl (C=O) groups excluding carboxylic acids is 2. The van der Waals surface area contributed by atoms with Crippen LogP contribution in [0.25, 0.3) is 0 Å². The summed E-state index contributed by atoms with van der Waals surface area (Å²) in [6, 6.07) is 19.3. The van der Waals surface area contributed by atoms with E-state index >= 15 is 0 Å². The Labute approximate surface area is 188 Å². The van der Waals surface area contributed by atoms with Gasteiger partial charge in [-0.15, -0.1) is 0 Å². The second kappa shape index (κ2) is 14.3. The molecule has 0 saturated heterocycles. The third-order valence-electron chi connectivity index (χ3n) is 5.57. The van der Waals surface area contributed by atoms with Crippen LogP contribution >= 0.6 is 0 Å². The van der Waals surface area contributed by atoms with Crippen LogP contribution < -0.4 is 0 Å². The van der Waals surface area contributed by atoms with Crippen LogP contribution in [0.5, 0.6) is 0 Å². The van der Waals surface area contributed by atoms with E-state index in [0.717, 1.165) is 36.8 Å². The minimum atomic E-state index is 0. The summed E-state index contributed by atoms with van der Waals surface area (Å²) in [6.07, 6.45) is 9.27. The normalized spacial score (nSPS) is 15.7. The van der Waals surface area contributed by atoms with Gasteiger partial charge in [0, 0.05) is 23.0 Å². The first-order valence-electron chi connectivity index (χ1n) is 9.94. The Morgan fingerprint density at radius 1 is 0.552 bits per heavy atom. The van der Waals surface area contributed by atoms with E-state index in [0.29, 0.717) is 23.4 Å². The van der Waals surface area contributed by atoms with Crippen molar-refractivity contribution in [1.29, 1.82) is 0 Å². The van der Waals surface area contributed by atoms with Crippen molar-refractivity contribution in [3.63, 3.8) is 0 Å². The Kier molecular flexibility index (Phi) is 13.5. The molecule has 0 bridgehead atoms. The summed E-state index contributed by atoms with van der Waals surface area (Å²) in [5.41, 5.74) is 1.77. The van der Waals surface area contributed by atoms with Crippen LogP contribution in [-0.4, -0.2) is 11.6 Å². The summed E-state index contributed by atoms with van der Waals surface area (Å²) in [7, 11) is 0. The van der Waals surface area contributed by atoms with Crippen LogP contribution in [0.2, 0.25) is 0 Å². The van der Waals surface area contributed by atoms with Crippen molar-refractivity contribution >= 4 is 11.6 Å². The average molecular weight is 434 g/mol. The number of Topliss-reactive ketones (excluding diaryl/α,β-unsaturated/α-hetero) is 2. The molecule has 0 amide bonds. The molecule has 0 radical (unpaired) electrons. The quantitative estimate of drug-likeness (QED) is 0.294. The molecule has 29 heavy (non-hydrogen) atoms. The van der Waals surface area contributed by atoms with Crippen molar-refractivity contribution in [2.45, 2.75) is 51.4 Å². The van der Waals surface area contributed by atoms with Crippen LogP contribution in [0, 0.1) is 26.7 Å². The second-order valence-corrected chi connectivity index (χ2v) is 7.42. The van der Waals surface area contributed by atoms with Gasteiger partial charge in [0.15, 0.2) is 11.6 Å². The van der Waals surface area contributed by atoms with E-state index in [9.17, 15) is 9.59 Å². The first-order chi connectivity index (χ1) is 12.8. The fourth-order valence-electron chi connectivity index (χ4n) is 4.05. The van der Waals surface area contributed by atoms with Crippen molar-refractivity contribution in [2.75, 3.05) is 0 Å². The molecule has 2 aliphatic carbocycles. The largest absolute Gasteiger partial charge is 2.00 e. The van der Waals surface area contributed by atoms with E-state index in [1.54, 1.807) is 0 Å². The molecule has 0 heterocycles. The SMILES string of the molecule is O=C(c1ccccc1)C1CCCC1.O=C(c1ccccc1)C1CCCC1.[CH3-].[CH3-].[Fe+2].